The Kier molecular flexibility index (Phi) is 11.1. The van der Waals surface area contributed by atoms with Crippen LogP contribution >= 0.6 is 0 Å². The van der Waals surface area contributed by atoms with Crippen LogP contribution in [0.25, 0.3) is 0 Å². The van der Waals surface area contributed by atoms with Gasteiger partial charge in [-0.2, -0.15) is 0 Å². The van der Waals surface area contributed by atoms with Crippen LogP contribution in [0, 0.1) is 0 Å². The molecule has 2 aromatic carbocycles. The summed E-state index contributed by atoms with van der Waals surface area (Å²) >= 11 is 0. The van der Waals surface area contributed by atoms with Crippen molar-refractivity contribution in [2.24, 2.45) is 9.98 Å². The molecule has 0 heterocycles. The Bertz CT molecular complexity index is 826. The van der Waals surface area contributed by atoms with Crippen LogP contribution in [0.4, 0.5) is 0 Å². The van der Waals surface area contributed by atoms with Gasteiger partial charge in [0.2, 0.25) is 0 Å². The quantitative estimate of drug-likeness (QED) is 0.255. The van der Waals surface area contributed by atoms with Crippen molar-refractivity contribution in [2.75, 3.05) is 13.1 Å². The van der Waals surface area contributed by atoms with E-state index in [4.69, 9.17) is 0 Å². The molecular weight excluding hydrogens is 471 g/mol. The zero-order valence-corrected chi connectivity index (χ0v) is 20.7. The summed E-state index contributed by atoms with van der Waals surface area (Å²) in [6.45, 7) is 0.361. The fourth-order valence-electron chi connectivity index (χ4n) is 2.08. The van der Waals surface area contributed by atoms with Crippen LogP contribution in [-0.4, -0.2) is 37.5 Å². The van der Waals surface area contributed by atoms with Crippen LogP contribution in [0.1, 0.15) is 31.8 Å². The predicted molar refractivity (Wildman–Crippen MR) is 85.4 cm³/mol. The van der Waals surface area contributed by atoms with Crippen molar-refractivity contribution >= 4 is 24.4 Å². The Labute approximate surface area is 186 Å². The van der Waals surface area contributed by atoms with Crippen molar-refractivity contribution in [3.05, 3.63) is 58.7 Å². The fourth-order valence-corrected chi connectivity index (χ4v) is 2.08. The topological polar surface area (TPSA) is 151 Å². The molecule has 2 aromatic rings. The van der Waals surface area contributed by atoms with Crippen LogP contribution in [0.2, 0.25) is 0 Å². The molecule has 0 radical (unpaired) electrons. The Hall–Kier alpha value is -2.43. The summed E-state index contributed by atoms with van der Waals surface area (Å²) in [5, 5.41) is 45.2. The molecule has 8 nitrogen and oxygen atoms in total. The third kappa shape index (κ3) is 6.62. The summed E-state index contributed by atoms with van der Waals surface area (Å²) in [5.74, 6) is -4.48. The van der Waals surface area contributed by atoms with E-state index in [-0.39, 0.29) is 63.2 Å². The van der Waals surface area contributed by atoms with Gasteiger partial charge in [-0.1, -0.05) is 47.9 Å². The van der Waals surface area contributed by atoms with Crippen molar-refractivity contribution in [3.8, 4) is 11.5 Å². The van der Waals surface area contributed by atoms with Gasteiger partial charge in [0, 0.05) is 12.4 Å². The minimum Gasteiger partial charge on any atom is -0.872 e. The molecule has 0 N–H and O–H groups in total. The molecule has 28 heavy (non-hydrogen) atoms. The number of carboxylic acid groups (broad SMARTS) is 2. The second-order valence-corrected chi connectivity index (χ2v) is 5.09. The largest absolute Gasteiger partial charge is 2.00 e. The molecule has 0 saturated heterocycles. The number of benzene rings is 2. The molecule has 0 atom stereocenters. The minimum atomic E-state index is -1.55. The van der Waals surface area contributed by atoms with Gasteiger partial charge in [0.15, 0.2) is 0 Å². The molecule has 134 valence electrons. The summed E-state index contributed by atoms with van der Waals surface area (Å²) < 4.78 is 0. The second-order valence-electron chi connectivity index (χ2n) is 5.09. The predicted octanol–water partition coefficient (Wildman–Crippen LogP) is -1.91. The van der Waals surface area contributed by atoms with Crippen molar-refractivity contribution in [1.29, 1.82) is 0 Å². The smallest absolute Gasteiger partial charge is 0.872 e. The standard InChI is InChI=1S/C18H16N2O6.2Zn/c21-15-11(3-1-5-13(15)17(23)24)9-19-7-8-20-10-12-4-2-6-14(16(12)22)18(25)26;;/h1-6,9-10,21-22H,7-8H2,(H,23,24)(H,25,26);;/q;2*+2/p-4. The molecule has 0 spiro atoms. The minimum absolute atomic E-state index is 0. The van der Waals surface area contributed by atoms with Gasteiger partial charge in [-0.3, -0.25) is 9.98 Å². The fraction of sp³-hybridized carbons (Fsp3) is 0.111. The van der Waals surface area contributed by atoms with Gasteiger partial charge in [-0.05, 0) is 22.3 Å². The summed E-state index contributed by atoms with van der Waals surface area (Å²) in [4.78, 5) is 29.5. The first-order chi connectivity index (χ1) is 12.4. The van der Waals surface area contributed by atoms with Gasteiger partial charge in [-0.25, -0.2) is 0 Å². The Morgan fingerprint density at radius 3 is 1.43 bits per heavy atom. The van der Waals surface area contributed by atoms with Crippen molar-refractivity contribution in [2.45, 2.75) is 0 Å². The Morgan fingerprint density at radius 2 is 1.11 bits per heavy atom. The van der Waals surface area contributed by atoms with E-state index in [1.807, 2.05) is 0 Å². The van der Waals surface area contributed by atoms with E-state index >= 15 is 0 Å². The third-order valence-corrected chi connectivity index (χ3v) is 3.35. The van der Waals surface area contributed by atoms with E-state index < -0.39 is 34.6 Å². The maximum Gasteiger partial charge on any atom is 2.00 e. The zero-order valence-electron chi connectivity index (χ0n) is 14.8. The molecule has 0 fully saturated rings. The number of aromatic carboxylic acids is 2. The molecule has 0 aliphatic heterocycles. The summed E-state index contributed by atoms with van der Waals surface area (Å²) in [7, 11) is 0. The number of hydrogen-bond acceptors (Lipinski definition) is 8. The molecule has 2 rings (SSSR count). The maximum absolute atomic E-state index is 11.8. The van der Waals surface area contributed by atoms with Gasteiger partial charge >= 0.3 is 39.0 Å². The molecular formula is C18H12N2O6Zn2. The average Bonchev–Trinajstić information content (AvgIpc) is 2.60. The number of carbonyl (C=O) groups excluding carboxylic acids is 2. The number of hydrogen-bond donors (Lipinski definition) is 0. The molecule has 0 amide bonds. The van der Waals surface area contributed by atoms with Crippen molar-refractivity contribution in [3.63, 3.8) is 0 Å². The summed E-state index contributed by atoms with van der Waals surface area (Å²) in [6, 6.07) is 7.98. The third-order valence-electron chi connectivity index (χ3n) is 3.35. The van der Waals surface area contributed by atoms with E-state index in [2.05, 4.69) is 9.98 Å². The van der Waals surface area contributed by atoms with Crippen LogP contribution < -0.4 is 20.4 Å². The van der Waals surface area contributed by atoms with E-state index in [0.717, 1.165) is 12.1 Å². The monoisotopic (exact) mass is 480 g/mol. The van der Waals surface area contributed by atoms with Crippen LogP contribution in [0.3, 0.4) is 0 Å². The first-order valence-electron chi connectivity index (χ1n) is 7.44. The summed E-state index contributed by atoms with van der Waals surface area (Å²) in [6.07, 6.45) is 2.47. The summed E-state index contributed by atoms with van der Waals surface area (Å²) in [5.41, 5.74) is -0.663. The van der Waals surface area contributed by atoms with E-state index in [9.17, 15) is 30.0 Å². The average molecular weight is 483 g/mol. The number of para-hydroxylation sites is 2. The Balaban J connectivity index is 0.00000364. The second kappa shape index (κ2) is 12.1. The first-order valence-corrected chi connectivity index (χ1v) is 7.44. The Morgan fingerprint density at radius 1 is 0.750 bits per heavy atom. The van der Waals surface area contributed by atoms with Gasteiger partial charge in [0.05, 0.1) is 25.0 Å². The van der Waals surface area contributed by atoms with Crippen LogP contribution in [0.5, 0.6) is 11.5 Å². The van der Waals surface area contributed by atoms with Gasteiger partial charge in [0.1, 0.15) is 0 Å². The van der Waals surface area contributed by atoms with Crippen LogP contribution in [-0.2, 0) is 39.0 Å². The van der Waals surface area contributed by atoms with Crippen LogP contribution in [0.15, 0.2) is 46.4 Å². The maximum atomic E-state index is 11.8. The molecule has 0 aliphatic rings. The zero-order chi connectivity index (χ0) is 19.1. The first kappa shape index (κ1) is 25.6. The molecule has 0 saturated carbocycles. The van der Waals surface area contributed by atoms with E-state index in [1.165, 1.54) is 36.7 Å². The number of aliphatic imine (C=N–C) groups is 2. The molecule has 0 unspecified atom stereocenters. The SMILES string of the molecule is O=C([O-])c1cccc(C=NCCN=Cc2cccc(C(=O)[O-])c2[O-])c1[O-].[Zn+2].[Zn+2]. The number of rotatable bonds is 7. The van der Waals surface area contributed by atoms with Gasteiger partial charge in [-0.15, -0.1) is 0 Å². The van der Waals surface area contributed by atoms with Gasteiger partial charge in [0.25, 0.3) is 0 Å². The molecule has 0 aliphatic carbocycles. The normalized spacial score (nSPS) is 10.4. The van der Waals surface area contributed by atoms with Gasteiger partial charge < -0.3 is 30.0 Å². The number of nitrogens with zero attached hydrogens (tertiary/aromatic N) is 2. The van der Waals surface area contributed by atoms with E-state index in [0.29, 0.717) is 0 Å². The number of carbonyl (C=O) groups is 2. The van der Waals surface area contributed by atoms with Crippen molar-refractivity contribution in [1.82, 2.24) is 0 Å². The van der Waals surface area contributed by atoms with Crippen molar-refractivity contribution < 1.29 is 69.0 Å². The molecule has 0 aromatic heterocycles. The molecule has 0 bridgehead atoms. The number of carboxylic acids is 2. The van der Waals surface area contributed by atoms with E-state index in [1.54, 1.807) is 0 Å². The molecule has 10 heteroatoms.